The summed E-state index contributed by atoms with van der Waals surface area (Å²) in [6.45, 7) is 9.23. The van der Waals surface area contributed by atoms with Gasteiger partial charge < -0.3 is 0 Å². The zero-order valence-electron chi connectivity index (χ0n) is 57.6. The van der Waals surface area contributed by atoms with Crippen LogP contribution in [0.1, 0.15) is 411 Å². The van der Waals surface area contributed by atoms with E-state index >= 15 is 0 Å². The summed E-state index contributed by atoms with van der Waals surface area (Å²) in [5, 5.41) is 0. The molecule has 85 heavy (non-hydrogen) atoms. The summed E-state index contributed by atoms with van der Waals surface area (Å²) in [6, 6.07) is 17.8. The van der Waals surface area contributed by atoms with Gasteiger partial charge in [-0.1, -0.05) is 397 Å². The summed E-state index contributed by atoms with van der Waals surface area (Å²) in [4.78, 5) is 11.0. The minimum atomic E-state index is 0. The molecule has 0 saturated heterocycles. The number of hydrogen-bond acceptors (Lipinski definition) is 2. The smallest absolute Gasteiger partial charge is 0.0665 e. The van der Waals surface area contributed by atoms with Gasteiger partial charge >= 0.3 is 0 Å². The molecule has 0 atom stereocenters. The van der Waals surface area contributed by atoms with Crippen molar-refractivity contribution in [2.45, 2.75) is 413 Å². The zero-order chi connectivity index (χ0) is 59.8. The summed E-state index contributed by atoms with van der Waals surface area (Å²) in [5.41, 5.74) is 7.40. The molecule has 0 N–H and O–H groups in total. The third kappa shape index (κ3) is 52.3. The third-order valence-electron chi connectivity index (χ3n) is 18.3. The maximum absolute atomic E-state index is 5.51. The van der Waals surface area contributed by atoms with E-state index in [0.29, 0.717) is 0 Å². The van der Waals surface area contributed by atoms with Crippen LogP contribution in [0.4, 0.5) is 11.4 Å². The molecule has 0 amide bonds. The quantitative estimate of drug-likeness (QED) is 0.0273. The molecule has 0 aliphatic carbocycles. The van der Waals surface area contributed by atoms with Gasteiger partial charge in [0.1, 0.15) is 0 Å². The van der Waals surface area contributed by atoms with Crippen molar-refractivity contribution in [1.29, 1.82) is 0 Å². The van der Waals surface area contributed by atoms with E-state index in [4.69, 9.17) is 9.98 Å². The Bertz CT molecular complexity index is 1660. The van der Waals surface area contributed by atoms with Crippen molar-refractivity contribution in [2.75, 3.05) is 0 Å². The number of unbranched alkanes of at least 4 members (excludes halogenated alkanes) is 50. The number of aryl methyl sites for hydroxylation is 2. The SMILES string of the molecule is CCCCCCCCCCCCCCCCCCCCCCCCCCC=CCCc1ccccc1N=C(CCCC)C(CCCC)=Nc1ccccc1CCC=CCCCCCCCCCCCCCCCCCCCCCCCCCC.[Ni]. The Hall–Kier alpha value is -2.25. The summed E-state index contributed by atoms with van der Waals surface area (Å²) in [5.74, 6) is 0. The van der Waals surface area contributed by atoms with Crippen LogP contribution in [0.2, 0.25) is 0 Å². The summed E-state index contributed by atoms with van der Waals surface area (Å²) in [6.07, 6.45) is 92.5. The standard InChI is InChI=1S/C82H144N2.Ni/c1-5-9-13-15-17-19-21-23-25-27-29-31-33-35-37-39-41-43-45-47-49-51-53-55-57-59-61-63-69-77-71-65-67-75-79(77)83-81(73-11-7-3)82(74-12-8-4)84-80-76-68-66-72-78(80)70-64-62-60-58-56-54-52-50-48-46-44-42-40-38-36-34-32-30-28-26-24-22-20-18-16-14-10-6-2;/h59-62,65-68,71-72,75-76H,5-58,63-64,69-70,73-74H2,1-4H3;. The molecule has 2 aromatic rings. The van der Waals surface area contributed by atoms with E-state index in [1.807, 2.05) is 0 Å². The molecule has 0 aromatic heterocycles. The number of benzene rings is 2. The molecule has 2 nitrogen and oxygen atoms in total. The maximum atomic E-state index is 5.51. The fourth-order valence-electron chi connectivity index (χ4n) is 12.6. The van der Waals surface area contributed by atoms with Gasteiger partial charge in [-0.25, -0.2) is 0 Å². The molecule has 0 fully saturated rings. The Morgan fingerprint density at radius 2 is 0.447 bits per heavy atom. The number of aliphatic imine (C=N–C) groups is 2. The van der Waals surface area contributed by atoms with Gasteiger partial charge in [-0.05, 0) is 100 Å². The fraction of sp³-hybridized carbons (Fsp3) is 0.780. The first-order valence-corrected chi connectivity index (χ1v) is 38.3. The first-order chi connectivity index (χ1) is 41.7. The minimum Gasteiger partial charge on any atom is -0.251 e. The van der Waals surface area contributed by atoms with E-state index in [2.05, 4.69) is 101 Å². The van der Waals surface area contributed by atoms with Crippen molar-refractivity contribution in [3.05, 3.63) is 84.0 Å². The van der Waals surface area contributed by atoms with Crippen LogP contribution in [0, 0.1) is 0 Å². The molecule has 3 heteroatoms. The van der Waals surface area contributed by atoms with Crippen LogP contribution >= 0.6 is 0 Å². The molecule has 0 aliphatic rings. The van der Waals surface area contributed by atoms with Gasteiger partial charge in [0.2, 0.25) is 0 Å². The largest absolute Gasteiger partial charge is 0.251 e. The van der Waals surface area contributed by atoms with Crippen LogP contribution in [0.15, 0.2) is 82.8 Å². The van der Waals surface area contributed by atoms with Crippen molar-refractivity contribution >= 4 is 22.8 Å². The van der Waals surface area contributed by atoms with Gasteiger partial charge in [0.05, 0.1) is 22.8 Å². The second-order valence-corrected chi connectivity index (χ2v) is 26.4. The Morgan fingerprint density at radius 3 is 0.682 bits per heavy atom. The van der Waals surface area contributed by atoms with E-state index in [1.54, 1.807) is 0 Å². The van der Waals surface area contributed by atoms with Gasteiger partial charge in [-0.15, -0.1) is 0 Å². The van der Waals surface area contributed by atoms with E-state index in [9.17, 15) is 0 Å². The first-order valence-electron chi connectivity index (χ1n) is 38.3. The Labute approximate surface area is 542 Å². The molecule has 2 aromatic carbocycles. The van der Waals surface area contributed by atoms with E-state index < -0.39 is 0 Å². The Kier molecular flexibility index (Phi) is 62.9. The van der Waals surface area contributed by atoms with Crippen LogP contribution in [-0.4, -0.2) is 11.4 Å². The first kappa shape index (κ1) is 80.8. The monoisotopic (exact) mass is 1220 g/mol. The average Bonchev–Trinajstić information content (AvgIpc) is 3.71. The summed E-state index contributed by atoms with van der Waals surface area (Å²) < 4.78 is 0. The molecule has 0 spiro atoms. The molecule has 0 bridgehead atoms. The second kappa shape index (κ2) is 66.2. The Morgan fingerprint density at radius 1 is 0.247 bits per heavy atom. The normalized spacial score (nSPS) is 12.2. The number of nitrogens with zero attached hydrogens (tertiary/aromatic N) is 2. The molecular formula is C82H144N2Ni. The second-order valence-electron chi connectivity index (χ2n) is 26.4. The van der Waals surface area contributed by atoms with Crippen LogP contribution < -0.4 is 0 Å². The van der Waals surface area contributed by atoms with Gasteiger partial charge in [0.15, 0.2) is 0 Å². The van der Waals surface area contributed by atoms with Crippen LogP contribution in [0.25, 0.3) is 0 Å². The molecule has 492 valence electrons. The molecule has 0 radical (unpaired) electrons. The molecule has 0 aliphatic heterocycles. The van der Waals surface area contributed by atoms with Gasteiger partial charge in [-0.2, -0.15) is 0 Å². The summed E-state index contributed by atoms with van der Waals surface area (Å²) >= 11 is 0. The van der Waals surface area contributed by atoms with Gasteiger partial charge in [0.25, 0.3) is 0 Å². The van der Waals surface area contributed by atoms with Gasteiger partial charge in [-0.3, -0.25) is 9.98 Å². The predicted octanol–water partition coefficient (Wildman–Crippen LogP) is 29.4. The van der Waals surface area contributed by atoms with Crippen LogP contribution in [0.3, 0.4) is 0 Å². The zero-order valence-corrected chi connectivity index (χ0v) is 58.6. The number of hydrogen-bond donors (Lipinski definition) is 0. The van der Waals surface area contributed by atoms with Crippen LogP contribution in [0.5, 0.6) is 0 Å². The predicted molar refractivity (Wildman–Crippen MR) is 383 cm³/mol. The minimum absolute atomic E-state index is 0. The average molecular weight is 1220 g/mol. The molecule has 0 heterocycles. The van der Waals surface area contributed by atoms with Crippen molar-refractivity contribution in [1.82, 2.24) is 0 Å². The van der Waals surface area contributed by atoms with Gasteiger partial charge in [0, 0.05) is 16.5 Å². The summed E-state index contributed by atoms with van der Waals surface area (Å²) in [7, 11) is 0. The molecular weight excluding hydrogens is 1070 g/mol. The van der Waals surface area contributed by atoms with Crippen molar-refractivity contribution in [2.24, 2.45) is 9.98 Å². The maximum Gasteiger partial charge on any atom is 0.0665 e. The topological polar surface area (TPSA) is 24.7 Å². The van der Waals surface area contributed by atoms with Crippen LogP contribution in [-0.2, 0) is 29.3 Å². The molecule has 0 saturated carbocycles. The van der Waals surface area contributed by atoms with Crippen molar-refractivity contribution in [3.63, 3.8) is 0 Å². The third-order valence-corrected chi connectivity index (χ3v) is 18.3. The van der Waals surface area contributed by atoms with E-state index in [-0.39, 0.29) is 16.5 Å². The number of allylic oxidation sites excluding steroid dienone is 4. The fourth-order valence-corrected chi connectivity index (χ4v) is 12.6. The van der Waals surface area contributed by atoms with Crippen molar-refractivity contribution < 1.29 is 16.5 Å². The van der Waals surface area contributed by atoms with E-state index in [0.717, 1.165) is 75.6 Å². The molecule has 2 rings (SSSR count). The van der Waals surface area contributed by atoms with E-state index in [1.165, 1.54) is 344 Å². The number of rotatable bonds is 65. The van der Waals surface area contributed by atoms with Crippen molar-refractivity contribution in [3.8, 4) is 0 Å². The molecule has 0 unspecified atom stereocenters. The number of para-hydroxylation sites is 2. The Balaban J connectivity index is 0.0000361.